The molecule has 1 heterocycles. The van der Waals surface area contributed by atoms with Crippen LogP contribution in [0.25, 0.3) is 11.0 Å². The first-order chi connectivity index (χ1) is 7.76. The monoisotopic (exact) mass is 238 g/mol. The van der Waals surface area contributed by atoms with Crippen LogP contribution in [0.5, 0.6) is 11.5 Å². The van der Waals surface area contributed by atoms with Crippen molar-refractivity contribution in [3.05, 3.63) is 16.9 Å². The molecule has 2 aromatic rings. The minimum Gasteiger partial charge on any atom is -0.492 e. The van der Waals surface area contributed by atoms with Crippen molar-refractivity contribution in [2.75, 3.05) is 13.2 Å². The van der Waals surface area contributed by atoms with Crippen LogP contribution in [0.3, 0.4) is 0 Å². The standard InChI is InChI=1S/C11H14N2O2S/c1-3-14-7-5-6-8(15-4-2)10-9(7)12-11(16)13-10/h5-6H,3-4H2,1-2H3,(H2,12,13,16). The lowest BCUT2D eigenvalue weighted by Crippen LogP contribution is -1.95. The number of H-pyrrole nitrogens is 2. The van der Waals surface area contributed by atoms with Gasteiger partial charge in [0.25, 0.3) is 0 Å². The number of ether oxygens (including phenoxy) is 2. The van der Waals surface area contributed by atoms with E-state index in [0.717, 1.165) is 22.5 Å². The van der Waals surface area contributed by atoms with Gasteiger partial charge in [-0.2, -0.15) is 0 Å². The second-order valence-corrected chi connectivity index (χ2v) is 3.67. The van der Waals surface area contributed by atoms with Crippen molar-refractivity contribution in [1.29, 1.82) is 0 Å². The number of aromatic nitrogens is 2. The van der Waals surface area contributed by atoms with Crippen molar-refractivity contribution in [1.82, 2.24) is 9.97 Å². The van der Waals surface area contributed by atoms with Crippen molar-refractivity contribution in [2.45, 2.75) is 13.8 Å². The summed E-state index contributed by atoms with van der Waals surface area (Å²) in [7, 11) is 0. The van der Waals surface area contributed by atoms with Gasteiger partial charge in [-0.3, -0.25) is 0 Å². The molecule has 0 bridgehead atoms. The van der Waals surface area contributed by atoms with Crippen LogP contribution in [0.15, 0.2) is 12.1 Å². The van der Waals surface area contributed by atoms with E-state index in [1.165, 1.54) is 0 Å². The Morgan fingerprint density at radius 1 is 1.00 bits per heavy atom. The van der Waals surface area contributed by atoms with Gasteiger partial charge in [0, 0.05) is 0 Å². The molecule has 0 aliphatic heterocycles. The Morgan fingerprint density at radius 3 is 1.81 bits per heavy atom. The number of aromatic amines is 2. The van der Waals surface area contributed by atoms with Crippen LogP contribution in [0.2, 0.25) is 0 Å². The maximum atomic E-state index is 5.51. The summed E-state index contributed by atoms with van der Waals surface area (Å²) in [6, 6.07) is 3.77. The molecular formula is C11H14N2O2S. The number of nitrogens with one attached hydrogen (secondary N) is 2. The third-order valence-electron chi connectivity index (χ3n) is 2.21. The van der Waals surface area contributed by atoms with Gasteiger partial charge in [-0.05, 0) is 38.2 Å². The van der Waals surface area contributed by atoms with Gasteiger partial charge in [-0.15, -0.1) is 0 Å². The van der Waals surface area contributed by atoms with Crippen molar-refractivity contribution >= 4 is 23.3 Å². The fraction of sp³-hybridized carbons (Fsp3) is 0.364. The lowest BCUT2D eigenvalue weighted by molar-refractivity contribution is 0.336. The lowest BCUT2D eigenvalue weighted by atomic mass is 10.2. The third kappa shape index (κ3) is 1.90. The van der Waals surface area contributed by atoms with Crippen LogP contribution in [0, 0.1) is 4.77 Å². The average molecular weight is 238 g/mol. The van der Waals surface area contributed by atoms with Crippen molar-refractivity contribution in [2.24, 2.45) is 0 Å². The van der Waals surface area contributed by atoms with Gasteiger partial charge >= 0.3 is 0 Å². The fourth-order valence-corrected chi connectivity index (χ4v) is 1.83. The highest BCUT2D eigenvalue weighted by Gasteiger charge is 2.09. The van der Waals surface area contributed by atoms with Crippen molar-refractivity contribution in [3.63, 3.8) is 0 Å². The molecule has 4 nitrogen and oxygen atoms in total. The lowest BCUT2D eigenvalue weighted by Gasteiger charge is -2.08. The first kappa shape index (κ1) is 11.0. The molecule has 0 unspecified atom stereocenters. The average Bonchev–Trinajstić information content (AvgIpc) is 2.64. The van der Waals surface area contributed by atoms with E-state index in [1.54, 1.807) is 0 Å². The van der Waals surface area contributed by atoms with Gasteiger partial charge in [-0.1, -0.05) is 0 Å². The summed E-state index contributed by atoms with van der Waals surface area (Å²) in [6.45, 7) is 5.14. The highest BCUT2D eigenvalue weighted by atomic mass is 32.1. The van der Waals surface area contributed by atoms with Crippen LogP contribution in [-0.2, 0) is 0 Å². The van der Waals surface area contributed by atoms with Gasteiger partial charge in [0.05, 0.1) is 13.2 Å². The van der Waals surface area contributed by atoms with Gasteiger partial charge in [0.1, 0.15) is 22.5 Å². The Morgan fingerprint density at radius 2 is 1.44 bits per heavy atom. The number of hydrogen-bond donors (Lipinski definition) is 2. The summed E-state index contributed by atoms with van der Waals surface area (Å²) in [5.74, 6) is 1.57. The predicted molar refractivity (Wildman–Crippen MR) is 65.8 cm³/mol. The van der Waals surface area contributed by atoms with E-state index in [2.05, 4.69) is 9.97 Å². The molecule has 0 atom stereocenters. The van der Waals surface area contributed by atoms with Crippen LogP contribution in [0.4, 0.5) is 0 Å². The predicted octanol–water partition coefficient (Wildman–Crippen LogP) is 3.02. The number of imidazole rings is 1. The molecule has 0 aliphatic rings. The van der Waals surface area contributed by atoms with E-state index in [-0.39, 0.29) is 0 Å². The Hall–Kier alpha value is -1.49. The van der Waals surface area contributed by atoms with Crippen LogP contribution in [0.1, 0.15) is 13.8 Å². The SMILES string of the molecule is CCOc1ccc(OCC)c2[nH]c(=S)[nH]c12. The van der Waals surface area contributed by atoms with E-state index in [1.807, 2.05) is 26.0 Å². The Labute approximate surface area is 98.6 Å². The third-order valence-corrected chi connectivity index (χ3v) is 2.41. The highest BCUT2D eigenvalue weighted by Crippen LogP contribution is 2.30. The molecule has 0 aliphatic carbocycles. The molecule has 0 saturated carbocycles. The minimum absolute atomic E-state index is 0.572. The van der Waals surface area contributed by atoms with Gasteiger partial charge in [0.15, 0.2) is 4.77 Å². The molecule has 1 aromatic heterocycles. The molecule has 16 heavy (non-hydrogen) atoms. The maximum absolute atomic E-state index is 5.51. The quantitative estimate of drug-likeness (QED) is 0.805. The van der Waals surface area contributed by atoms with E-state index in [4.69, 9.17) is 21.7 Å². The first-order valence-electron chi connectivity index (χ1n) is 5.26. The van der Waals surface area contributed by atoms with Crippen molar-refractivity contribution in [3.8, 4) is 11.5 Å². The molecule has 2 N–H and O–H groups in total. The summed E-state index contributed by atoms with van der Waals surface area (Å²) in [6.07, 6.45) is 0. The summed E-state index contributed by atoms with van der Waals surface area (Å²) in [4.78, 5) is 6.13. The smallest absolute Gasteiger partial charge is 0.175 e. The van der Waals surface area contributed by atoms with E-state index in [9.17, 15) is 0 Å². The fourth-order valence-electron chi connectivity index (χ4n) is 1.62. The summed E-state index contributed by atoms with van der Waals surface area (Å²) < 4.78 is 11.6. The topological polar surface area (TPSA) is 50.0 Å². The first-order valence-corrected chi connectivity index (χ1v) is 5.67. The molecule has 0 amide bonds. The Balaban J connectivity index is 2.61. The zero-order chi connectivity index (χ0) is 11.5. The van der Waals surface area contributed by atoms with Gasteiger partial charge < -0.3 is 19.4 Å². The minimum atomic E-state index is 0.572. The molecule has 0 saturated heterocycles. The molecule has 86 valence electrons. The van der Waals surface area contributed by atoms with Crippen LogP contribution < -0.4 is 9.47 Å². The normalized spacial score (nSPS) is 10.6. The molecule has 0 spiro atoms. The summed E-state index contributed by atoms with van der Waals surface area (Å²) in [5.41, 5.74) is 1.72. The molecule has 1 aromatic carbocycles. The van der Waals surface area contributed by atoms with Crippen molar-refractivity contribution < 1.29 is 9.47 Å². The molecule has 0 radical (unpaired) electrons. The largest absolute Gasteiger partial charge is 0.492 e. The second kappa shape index (κ2) is 4.57. The zero-order valence-corrected chi connectivity index (χ0v) is 10.1. The number of fused-ring (bicyclic) bond motifs is 1. The molecule has 5 heteroatoms. The molecule has 0 fully saturated rings. The van der Waals surface area contributed by atoms with Gasteiger partial charge in [-0.25, -0.2) is 0 Å². The second-order valence-electron chi connectivity index (χ2n) is 3.26. The number of hydrogen-bond acceptors (Lipinski definition) is 3. The summed E-state index contributed by atoms with van der Waals surface area (Å²) in [5, 5.41) is 0. The summed E-state index contributed by atoms with van der Waals surface area (Å²) >= 11 is 5.08. The van der Waals surface area contributed by atoms with Gasteiger partial charge in [0.2, 0.25) is 0 Å². The zero-order valence-electron chi connectivity index (χ0n) is 9.29. The number of rotatable bonds is 4. The molecular weight excluding hydrogens is 224 g/mol. The highest BCUT2D eigenvalue weighted by molar-refractivity contribution is 7.71. The van der Waals surface area contributed by atoms with E-state index < -0.39 is 0 Å². The van der Waals surface area contributed by atoms with E-state index in [0.29, 0.717) is 18.0 Å². The van der Waals surface area contributed by atoms with E-state index >= 15 is 0 Å². The Kier molecular flexibility index (Phi) is 3.14. The Bertz CT molecular complexity index is 498. The molecule has 2 rings (SSSR count). The number of benzene rings is 1. The van der Waals surface area contributed by atoms with Crippen LogP contribution >= 0.6 is 12.2 Å². The van der Waals surface area contributed by atoms with Crippen LogP contribution in [-0.4, -0.2) is 23.2 Å². The maximum Gasteiger partial charge on any atom is 0.175 e.